The fourth-order valence-corrected chi connectivity index (χ4v) is 7.28. The Morgan fingerprint density at radius 2 is 0.941 bits per heavy atom. The predicted molar refractivity (Wildman–Crippen MR) is 209 cm³/mol. The summed E-state index contributed by atoms with van der Waals surface area (Å²) >= 11 is 0. The van der Waals surface area contributed by atoms with E-state index in [0.717, 1.165) is 94.1 Å². The summed E-state index contributed by atoms with van der Waals surface area (Å²) < 4.78 is 6.79. The maximum Gasteiger partial charge on any atom is 0.160 e. The van der Waals surface area contributed by atoms with Gasteiger partial charge in [0.05, 0.1) is 22.6 Å². The molecule has 0 saturated heterocycles. The Kier molecular flexibility index (Phi) is 6.78. The third kappa shape index (κ3) is 4.96. The number of furan rings is 1. The molecule has 3 aromatic heterocycles. The first-order chi connectivity index (χ1) is 25.3. The van der Waals surface area contributed by atoms with Crippen molar-refractivity contribution in [3.05, 3.63) is 176 Å². The maximum atomic E-state index is 6.79. The highest BCUT2D eigenvalue weighted by Gasteiger charge is 2.22. The van der Waals surface area contributed by atoms with Crippen LogP contribution in [0.5, 0.6) is 0 Å². The van der Waals surface area contributed by atoms with Crippen LogP contribution in [-0.2, 0) is 0 Å². The molecule has 0 atom stereocenters. The van der Waals surface area contributed by atoms with Gasteiger partial charge in [-0.3, -0.25) is 0 Å². The van der Waals surface area contributed by atoms with Crippen LogP contribution in [0.4, 0.5) is 0 Å². The van der Waals surface area contributed by atoms with Gasteiger partial charge in [0.2, 0.25) is 0 Å². The first-order valence-corrected chi connectivity index (χ1v) is 17.1. The molecule has 3 heterocycles. The van der Waals surface area contributed by atoms with Gasteiger partial charge in [0.15, 0.2) is 5.82 Å². The second-order valence-electron chi connectivity index (χ2n) is 12.8. The Bertz CT molecular complexity index is 2840. The summed E-state index contributed by atoms with van der Waals surface area (Å²) in [5, 5.41) is 5.49. The number of fused-ring (bicyclic) bond motifs is 7. The molecule has 0 aliphatic heterocycles. The standard InChI is InChI=1S/C47H29N3O/c1-4-15-30(16-5-1)40-29-41(31-17-6-2-7-18-31)50-47(49-40)34-22-14-21-33(27-34)37-28-38-43(44-36-24-11-13-26-42(36)51-46(37)44)35-23-10-12-25-39(35)48-45(38)32-19-8-3-9-20-32/h1-29H. The average molecular weight is 652 g/mol. The molecule has 238 valence electrons. The zero-order valence-electron chi connectivity index (χ0n) is 27.5. The summed E-state index contributed by atoms with van der Waals surface area (Å²) in [5.74, 6) is 0.663. The fourth-order valence-electron chi connectivity index (χ4n) is 7.28. The van der Waals surface area contributed by atoms with Crippen LogP contribution in [0.15, 0.2) is 180 Å². The molecule has 0 N–H and O–H groups in total. The highest BCUT2D eigenvalue weighted by Crippen LogP contribution is 2.46. The minimum absolute atomic E-state index is 0.663. The van der Waals surface area contributed by atoms with E-state index in [0.29, 0.717) is 5.82 Å². The molecule has 0 aliphatic carbocycles. The van der Waals surface area contributed by atoms with Gasteiger partial charge in [-0.05, 0) is 35.9 Å². The van der Waals surface area contributed by atoms with E-state index in [9.17, 15) is 0 Å². The number of benzene rings is 7. The molecule has 0 spiro atoms. The number of para-hydroxylation sites is 2. The number of hydrogen-bond donors (Lipinski definition) is 0. The van der Waals surface area contributed by atoms with Crippen molar-refractivity contribution in [2.24, 2.45) is 0 Å². The molecule has 0 aliphatic rings. The van der Waals surface area contributed by atoms with E-state index in [1.54, 1.807) is 0 Å². The third-order valence-electron chi connectivity index (χ3n) is 9.65. The van der Waals surface area contributed by atoms with Crippen molar-refractivity contribution in [3.63, 3.8) is 0 Å². The summed E-state index contributed by atoms with van der Waals surface area (Å²) in [6, 6.07) is 60.6. The van der Waals surface area contributed by atoms with Gasteiger partial charge in [-0.2, -0.15) is 0 Å². The van der Waals surface area contributed by atoms with Crippen molar-refractivity contribution < 1.29 is 4.42 Å². The SMILES string of the molecule is c1ccc(-c2cc(-c3ccccc3)nc(-c3cccc(-c4cc5c(-c6ccccc6)nc6ccccc6c5c5c4oc4ccccc45)c3)n2)cc1. The summed E-state index contributed by atoms with van der Waals surface area (Å²) in [7, 11) is 0. The Hall–Kier alpha value is -6.91. The minimum Gasteiger partial charge on any atom is -0.455 e. The van der Waals surface area contributed by atoms with E-state index in [4.69, 9.17) is 19.4 Å². The van der Waals surface area contributed by atoms with Crippen LogP contribution in [-0.4, -0.2) is 15.0 Å². The summed E-state index contributed by atoms with van der Waals surface area (Å²) in [6.07, 6.45) is 0. The summed E-state index contributed by atoms with van der Waals surface area (Å²) in [5.41, 5.74) is 11.4. The number of aromatic nitrogens is 3. The molecule has 51 heavy (non-hydrogen) atoms. The molecule has 0 bridgehead atoms. The van der Waals surface area contributed by atoms with E-state index < -0.39 is 0 Å². The van der Waals surface area contributed by atoms with Gasteiger partial charge in [0.1, 0.15) is 11.2 Å². The predicted octanol–water partition coefficient (Wildman–Crippen LogP) is 12.4. The van der Waals surface area contributed by atoms with Gasteiger partial charge in [0.25, 0.3) is 0 Å². The van der Waals surface area contributed by atoms with Crippen LogP contribution in [0.2, 0.25) is 0 Å². The molecule has 7 aromatic carbocycles. The van der Waals surface area contributed by atoms with Gasteiger partial charge in [0, 0.05) is 54.7 Å². The van der Waals surface area contributed by atoms with Crippen molar-refractivity contribution in [2.45, 2.75) is 0 Å². The molecule has 4 nitrogen and oxygen atoms in total. The van der Waals surface area contributed by atoms with Crippen molar-refractivity contribution >= 4 is 43.6 Å². The van der Waals surface area contributed by atoms with Crippen LogP contribution in [0.25, 0.3) is 99.9 Å². The molecule has 10 aromatic rings. The fraction of sp³-hybridized carbons (Fsp3) is 0. The lowest BCUT2D eigenvalue weighted by atomic mass is 9.91. The van der Waals surface area contributed by atoms with E-state index >= 15 is 0 Å². The number of rotatable bonds is 5. The zero-order chi connectivity index (χ0) is 33.7. The third-order valence-corrected chi connectivity index (χ3v) is 9.65. The lowest BCUT2D eigenvalue weighted by molar-refractivity contribution is 0.670. The van der Waals surface area contributed by atoms with Crippen LogP contribution < -0.4 is 0 Å². The molecule has 4 heteroatoms. The minimum atomic E-state index is 0.663. The monoisotopic (exact) mass is 651 g/mol. The molecule has 10 rings (SSSR count). The highest BCUT2D eigenvalue weighted by molar-refractivity contribution is 6.30. The zero-order valence-corrected chi connectivity index (χ0v) is 27.5. The van der Waals surface area contributed by atoms with Gasteiger partial charge in [-0.15, -0.1) is 0 Å². The van der Waals surface area contributed by atoms with Crippen LogP contribution in [0, 0.1) is 0 Å². The summed E-state index contributed by atoms with van der Waals surface area (Å²) in [4.78, 5) is 15.5. The molecular weight excluding hydrogens is 623 g/mol. The smallest absolute Gasteiger partial charge is 0.160 e. The highest BCUT2D eigenvalue weighted by atomic mass is 16.3. The Morgan fingerprint density at radius 1 is 0.373 bits per heavy atom. The quantitative estimate of drug-likeness (QED) is 0.174. The van der Waals surface area contributed by atoms with E-state index in [-0.39, 0.29) is 0 Å². The van der Waals surface area contributed by atoms with Crippen molar-refractivity contribution in [1.29, 1.82) is 0 Å². The number of hydrogen-bond acceptors (Lipinski definition) is 4. The maximum absolute atomic E-state index is 6.79. The Morgan fingerprint density at radius 3 is 1.65 bits per heavy atom. The number of nitrogens with zero attached hydrogens (tertiary/aromatic N) is 3. The van der Waals surface area contributed by atoms with Gasteiger partial charge < -0.3 is 4.42 Å². The van der Waals surface area contributed by atoms with Gasteiger partial charge in [-0.1, -0.05) is 146 Å². The van der Waals surface area contributed by atoms with Crippen molar-refractivity contribution in [2.75, 3.05) is 0 Å². The topological polar surface area (TPSA) is 51.8 Å². The largest absolute Gasteiger partial charge is 0.455 e. The molecule has 0 saturated carbocycles. The van der Waals surface area contributed by atoms with E-state index in [2.05, 4.69) is 127 Å². The second kappa shape index (κ2) is 11.9. The van der Waals surface area contributed by atoms with Crippen molar-refractivity contribution in [1.82, 2.24) is 15.0 Å². The normalized spacial score (nSPS) is 11.5. The molecular formula is C47H29N3O. The Labute approximate surface area is 294 Å². The second-order valence-corrected chi connectivity index (χ2v) is 12.8. The molecule has 0 fully saturated rings. The lowest BCUT2D eigenvalue weighted by Gasteiger charge is -2.14. The molecule has 0 radical (unpaired) electrons. The van der Waals surface area contributed by atoms with E-state index in [1.807, 2.05) is 48.5 Å². The summed E-state index contributed by atoms with van der Waals surface area (Å²) in [6.45, 7) is 0. The van der Waals surface area contributed by atoms with Crippen LogP contribution >= 0.6 is 0 Å². The first kappa shape index (κ1) is 29.0. The van der Waals surface area contributed by atoms with Crippen LogP contribution in [0.3, 0.4) is 0 Å². The first-order valence-electron chi connectivity index (χ1n) is 17.1. The number of pyridine rings is 1. The molecule has 0 amide bonds. The molecule has 0 unspecified atom stereocenters. The average Bonchev–Trinajstić information content (AvgIpc) is 3.61. The Balaban J connectivity index is 1.26. The van der Waals surface area contributed by atoms with Gasteiger partial charge >= 0.3 is 0 Å². The van der Waals surface area contributed by atoms with E-state index in [1.165, 1.54) is 0 Å². The van der Waals surface area contributed by atoms with Crippen LogP contribution in [0.1, 0.15) is 0 Å². The lowest BCUT2D eigenvalue weighted by Crippen LogP contribution is -1.96. The van der Waals surface area contributed by atoms with Crippen molar-refractivity contribution in [3.8, 4) is 56.3 Å². The van der Waals surface area contributed by atoms with Gasteiger partial charge in [-0.25, -0.2) is 15.0 Å².